The fourth-order valence-corrected chi connectivity index (χ4v) is 1.75. The van der Waals surface area contributed by atoms with Crippen LogP contribution in [0.4, 0.5) is 0 Å². The summed E-state index contributed by atoms with van der Waals surface area (Å²) >= 11 is 0. The van der Waals surface area contributed by atoms with Crippen molar-refractivity contribution in [1.29, 1.82) is 0 Å². The molecule has 5 heteroatoms. The Balaban J connectivity index is 1.89. The summed E-state index contributed by atoms with van der Waals surface area (Å²) in [6.07, 6.45) is 0.309. The number of rotatable bonds is 4. The number of ether oxygens (including phenoxy) is 1. The summed E-state index contributed by atoms with van der Waals surface area (Å²) in [7, 11) is 0. The predicted octanol–water partition coefficient (Wildman–Crippen LogP) is 1.21. The van der Waals surface area contributed by atoms with Crippen LogP contribution in [0.2, 0.25) is 0 Å². The number of phenolic OH excluding ortho intramolecular Hbond substituents is 1. The molecule has 1 unspecified atom stereocenters. The molecule has 17 heavy (non-hydrogen) atoms. The summed E-state index contributed by atoms with van der Waals surface area (Å²) in [5.74, 6) is -0.448. The van der Waals surface area contributed by atoms with Gasteiger partial charge in [-0.05, 0) is 17.7 Å². The molecule has 1 heterocycles. The highest BCUT2D eigenvalue weighted by atomic mass is 16.5. The average molecular weight is 235 g/mol. The molecular weight excluding hydrogens is 222 g/mol. The minimum Gasteiger partial charge on any atom is -0.508 e. The second-order valence-corrected chi connectivity index (χ2v) is 3.92. The van der Waals surface area contributed by atoms with Gasteiger partial charge in [-0.1, -0.05) is 12.1 Å². The van der Waals surface area contributed by atoms with Crippen molar-refractivity contribution in [2.24, 2.45) is 4.99 Å². The van der Waals surface area contributed by atoms with Gasteiger partial charge in [-0.15, -0.1) is 0 Å². The second kappa shape index (κ2) is 4.86. The van der Waals surface area contributed by atoms with Crippen molar-refractivity contribution in [3.63, 3.8) is 0 Å². The van der Waals surface area contributed by atoms with Crippen molar-refractivity contribution in [3.8, 4) is 5.75 Å². The van der Waals surface area contributed by atoms with Gasteiger partial charge >= 0.3 is 5.97 Å². The van der Waals surface area contributed by atoms with E-state index in [1.54, 1.807) is 18.2 Å². The van der Waals surface area contributed by atoms with Crippen LogP contribution in [0.15, 0.2) is 29.3 Å². The Morgan fingerprint density at radius 2 is 2.35 bits per heavy atom. The molecule has 5 nitrogen and oxygen atoms in total. The molecule has 90 valence electrons. The topological polar surface area (TPSA) is 79.1 Å². The van der Waals surface area contributed by atoms with E-state index >= 15 is 0 Å². The lowest BCUT2D eigenvalue weighted by molar-refractivity contribution is -0.135. The molecule has 0 saturated carbocycles. The van der Waals surface area contributed by atoms with E-state index in [4.69, 9.17) is 9.84 Å². The Hall–Kier alpha value is -2.04. The van der Waals surface area contributed by atoms with E-state index in [9.17, 15) is 9.90 Å². The van der Waals surface area contributed by atoms with Crippen LogP contribution in [0.25, 0.3) is 0 Å². The maximum absolute atomic E-state index is 10.5. The molecule has 0 bridgehead atoms. The first-order valence-corrected chi connectivity index (χ1v) is 5.33. The first kappa shape index (κ1) is 11.4. The lowest BCUT2D eigenvalue weighted by atomic mass is 10.1. The molecule has 0 amide bonds. The minimum absolute atomic E-state index is 0.133. The van der Waals surface area contributed by atoms with E-state index in [2.05, 4.69) is 4.99 Å². The van der Waals surface area contributed by atoms with Crippen molar-refractivity contribution in [2.45, 2.75) is 18.9 Å². The summed E-state index contributed by atoms with van der Waals surface area (Å²) in [6, 6.07) is 6.92. The molecule has 1 aromatic carbocycles. The highest BCUT2D eigenvalue weighted by Crippen LogP contribution is 2.16. The molecule has 2 rings (SSSR count). The van der Waals surface area contributed by atoms with Crippen LogP contribution in [-0.4, -0.2) is 34.7 Å². The largest absolute Gasteiger partial charge is 0.508 e. The normalized spacial score (nSPS) is 18.6. The number of aliphatic carboxylic acids is 1. The van der Waals surface area contributed by atoms with Gasteiger partial charge in [0.15, 0.2) is 5.90 Å². The van der Waals surface area contributed by atoms with Crippen LogP contribution < -0.4 is 0 Å². The highest BCUT2D eigenvalue weighted by molar-refractivity contribution is 5.94. The van der Waals surface area contributed by atoms with Crippen LogP contribution >= 0.6 is 0 Å². The summed E-state index contributed by atoms with van der Waals surface area (Å²) in [5.41, 5.74) is 0.946. The van der Waals surface area contributed by atoms with Crippen LogP contribution in [-0.2, 0) is 16.0 Å². The van der Waals surface area contributed by atoms with Crippen molar-refractivity contribution in [2.75, 3.05) is 6.54 Å². The smallest absolute Gasteiger partial charge is 0.312 e. The van der Waals surface area contributed by atoms with Gasteiger partial charge in [-0.3, -0.25) is 9.79 Å². The maximum atomic E-state index is 10.5. The number of carboxylic acids is 1. The van der Waals surface area contributed by atoms with Crippen molar-refractivity contribution >= 4 is 11.9 Å². The maximum Gasteiger partial charge on any atom is 0.312 e. The van der Waals surface area contributed by atoms with Crippen LogP contribution in [0.5, 0.6) is 5.75 Å². The first-order valence-electron chi connectivity index (χ1n) is 5.33. The summed E-state index contributed by atoms with van der Waals surface area (Å²) in [6.45, 7) is 0.471. The molecule has 0 aliphatic carbocycles. The van der Waals surface area contributed by atoms with E-state index in [0.29, 0.717) is 13.0 Å². The molecule has 1 aromatic rings. The SMILES string of the molecule is O=C(O)CC1=NCC(Cc2cccc(O)c2)O1. The lowest BCUT2D eigenvalue weighted by Gasteiger charge is -2.10. The molecule has 2 N–H and O–H groups in total. The number of phenols is 1. The van der Waals surface area contributed by atoms with E-state index in [-0.39, 0.29) is 24.2 Å². The third-order valence-electron chi connectivity index (χ3n) is 2.45. The number of aromatic hydroxyl groups is 1. The van der Waals surface area contributed by atoms with Crippen LogP contribution in [0.1, 0.15) is 12.0 Å². The fraction of sp³-hybridized carbons (Fsp3) is 0.333. The van der Waals surface area contributed by atoms with E-state index in [0.717, 1.165) is 5.56 Å². The monoisotopic (exact) mass is 235 g/mol. The quantitative estimate of drug-likeness (QED) is 0.822. The zero-order valence-corrected chi connectivity index (χ0v) is 9.17. The molecule has 0 aromatic heterocycles. The number of carbonyl (C=O) groups is 1. The Morgan fingerprint density at radius 3 is 3.06 bits per heavy atom. The number of nitrogens with zero attached hydrogens (tertiary/aromatic N) is 1. The Kier molecular flexibility index (Phi) is 3.27. The number of hydrogen-bond acceptors (Lipinski definition) is 4. The van der Waals surface area contributed by atoms with Crippen molar-refractivity contribution < 1.29 is 19.7 Å². The molecule has 1 aliphatic rings. The number of benzene rings is 1. The van der Waals surface area contributed by atoms with E-state index in [1.807, 2.05) is 6.07 Å². The van der Waals surface area contributed by atoms with Gasteiger partial charge in [0.05, 0.1) is 6.54 Å². The first-order chi connectivity index (χ1) is 8.13. The number of hydrogen-bond donors (Lipinski definition) is 2. The third-order valence-corrected chi connectivity index (χ3v) is 2.45. The summed E-state index contributed by atoms with van der Waals surface area (Å²) in [4.78, 5) is 14.5. The third kappa shape index (κ3) is 3.21. The van der Waals surface area contributed by atoms with Gasteiger partial charge in [-0.2, -0.15) is 0 Å². The van der Waals surface area contributed by atoms with Gasteiger partial charge in [-0.25, -0.2) is 0 Å². The lowest BCUT2D eigenvalue weighted by Crippen LogP contribution is -2.17. The van der Waals surface area contributed by atoms with Gasteiger partial charge in [0, 0.05) is 6.42 Å². The number of aliphatic imine (C=N–C) groups is 1. The van der Waals surface area contributed by atoms with E-state index in [1.165, 1.54) is 0 Å². The van der Waals surface area contributed by atoms with Gasteiger partial charge in [0.1, 0.15) is 18.3 Å². The van der Waals surface area contributed by atoms with Gasteiger partial charge < -0.3 is 14.9 Å². The number of carboxylic acid groups (broad SMARTS) is 1. The molecule has 0 fully saturated rings. The second-order valence-electron chi connectivity index (χ2n) is 3.92. The predicted molar refractivity (Wildman–Crippen MR) is 61.2 cm³/mol. The zero-order chi connectivity index (χ0) is 12.3. The molecule has 1 aliphatic heterocycles. The Morgan fingerprint density at radius 1 is 1.53 bits per heavy atom. The summed E-state index contributed by atoms with van der Waals surface area (Å²) < 4.78 is 5.40. The van der Waals surface area contributed by atoms with Crippen LogP contribution in [0, 0.1) is 0 Å². The van der Waals surface area contributed by atoms with Crippen molar-refractivity contribution in [3.05, 3.63) is 29.8 Å². The minimum atomic E-state index is -0.943. The average Bonchev–Trinajstić information content (AvgIpc) is 2.64. The molecule has 0 radical (unpaired) electrons. The highest BCUT2D eigenvalue weighted by Gasteiger charge is 2.21. The molecule has 0 saturated heterocycles. The zero-order valence-electron chi connectivity index (χ0n) is 9.17. The molecule has 0 spiro atoms. The van der Waals surface area contributed by atoms with Gasteiger partial charge in [0.2, 0.25) is 0 Å². The molecule has 1 atom stereocenters. The molecular formula is C12H13NO4. The standard InChI is InChI=1S/C12H13NO4/c14-9-3-1-2-8(4-9)5-10-7-13-11(17-10)6-12(15)16/h1-4,10,14H,5-7H2,(H,15,16). The van der Waals surface area contributed by atoms with E-state index < -0.39 is 5.97 Å². The van der Waals surface area contributed by atoms with Crippen LogP contribution in [0.3, 0.4) is 0 Å². The fourth-order valence-electron chi connectivity index (χ4n) is 1.75. The Bertz CT molecular complexity index is 456. The van der Waals surface area contributed by atoms with Gasteiger partial charge in [0.25, 0.3) is 0 Å². The summed E-state index contributed by atoms with van der Waals surface area (Å²) in [5, 5.41) is 17.9. The Labute approximate surface area is 98.4 Å². The van der Waals surface area contributed by atoms with Crippen molar-refractivity contribution in [1.82, 2.24) is 0 Å².